The highest BCUT2D eigenvalue weighted by molar-refractivity contribution is 5.81. The first-order chi connectivity index (χ1) is 6.34. The molecule has 3 heterocycles. The molecule has 2 bridgehead atoms. The monoisotopic (exact) mass is 180 g/mol. The van der Waals surface area contributed by atoms with E-state index in [4.69, 9.17) is 0 Å². The van der Waals surface area contributed by atoms with Crippen LogP contribution < -0.4 is 5.32 Å². The zero-order valence-corrected chi connectivity index (χ0v) is 7.83. The van der Waals surface area contributed by atoms with Gasteiger partial charge in [-0.15, -0.1) is 0 Å². The van der Waals surface area contributed by atoms with Gasteiger partial charge in [0.25, 0.3) is 0 Å². The normalized spacial score (nSPS) is 43.5. The highest BCUT2D eigenvalue weighted by atomic mass is 16.2. The Morgan fingerprint density at radius 3 is 2.85 bits per heavy atom. The Labute approximate surface area is 78.5 Å². The Kier molecular flexibility index (Phi) is 1.62. The molecule has 0 aromatic rings. The van der Waals surface area contributed by atoms with Crippen molar-refractivity contribution in [2.24, 2.45) is 11.8 Å². The van der Waals surface area contributed by atoms with Crippen LogP contribution in [0, 0.1) is 11.8 Å². The fourth-order valence-corrected chi connectivity index (χ4v) is 2.92. The third kappa shape index (κ3) is 1.10. The van der Waals surface area contributed by atoms with Crippen LogP contribution in [0.5, 0.6) is 0 Å². The number of nitrogens with zero attached hydrogens (tertiary/aromatic N) is 1. The van der Waals surface area contributed by atoms with Crippen LogP contribution in [0.15, 0.2) is 0 Å². The molecule has 0 aromatic carbocycles. The van der Waals surface area contributed by atoms with Gasteiger partial charge < -0.3 is 10.2 Å². The zero-order chi connectivity index (χ0) is 8.84. The fraction of sp³-hybridized carbons (Fsp3) is 0.900. The molecule has 72 valence electrons. The molecule has 3 heteroatoms. The fourth-order valence-electron chi connectivity index (χ4n) is 2.92. The highest BCUT2D eigenvalue weighted by Gasteiger charge is 2.45. The number of carbonyl (C=O) groups is 1. The molecule has 0 radical (unpaired) electrons. The number of piperidine rings is 2. The Morgan fingerprint density at radius 1 is 1.38 bits per heavy atom. The van der Waals surface area contributed by atoms with Gasteiger partial charge in [0.15, 0.2) is 0 Å². The first-order valence-electron chi connectivity index (χ1n) is 5.36. The molecule has 1 amide bonds. The van der Waals surface area contributed by atoms with Crippen molar-refractivity contribution < 1.29 is 4.79 Å². The molecule has 1 atom stereocenters. The van der Waals surface area contributed by atoms with E-state index in [-0.39, 0.29) is 0 Å². The number of nitrogens with one attached hydrogen (secondary N) is 1. The molecule has 4 fully saturated rings. The second-order valence-corrected chi connectivity index (χ2v) is 4.67. The molecule has 4 rings (SSSR count). The van der Waals surface area contributed by atoms with E-state index in [1.165, 1.54) is 12.8 Å². The molecule has 1 saturated carbocycles. The smallest absolute Gasteiger partial charge is 0.226 e. The minimum Gasteiger partial charge on any atom is -0.338 e. The minimum atomic E-state index is 0.402. The molecule has 3 aliphatic heterocycles. The van der Waals surface area contributed by atoms with E-state index < -0.39 is 0 Å². The largest absolute Gasteiger partial charge is 0.338 e. The van der Waals surface area contributed by atoms with E-state index >= 15 is 0 Å². The zero-order valence-electron chi connectivity index (χ0n) is 7.83. The van der Waals surface area contributed by atoms with Crippen LogP contribution in [-0.4, -0.2) is 36.5 Å². The van der Waals surface area contributed by atoms with Gasteiger partial charge in [-0.05, 0) is 31.7 Å². The maximum atomic E-state index is 11.8. The topological polar surface area (TPSA) is 32.3 Å². The third-order valence-corrected chi connectivity index (χ3v) is 3.80. The van der Waals surface area contributed by atoms with Gasteiger partial charge in [-0.3, -0.25) is 4.79 Å². The molecule has 13 heavy (non-hydrogen) atoms. The highest BCUT2D eigenvalue weighted by Crippen LogP contribution is 2.41. The summed E-state index contributed by atoms with van der Waals surface area (Å²) in [5.74, 6) is 1.68. The van der Waals surface area contributed by atoms with Gasteiger partial charge in [-0.2, -0.15) is 0 Å². The van der Waals surface area contributed by atoms with Crippen molar-refractivity contribution in [2.45, 2.75) is 25.3 Å². The second kappa shape index (κ2) is 2.71. The van der Waals surface area contributed by atoms with Gasteiger partial charge >= 0.3 is 0 Å². The number of hydrogen-bond acceptors (Lipinski definition) is 2. The van der Waals surface area contributed by atoms with Crippen LogP contribution in [0.25, 0.3) is 0 Å². The van der Waals surface area contributed by atoms with E-state index in [1.54, 1.807) is 0 Å². The molecule has 0 spiro atoms. The van der Waals surface area contributed by atoms with Crippen molar-refractivity contribution in [2.75, 3.05) is 19.6 Å². The number of carbonyl (C=O) groups excluding carboxylic acids is 1. The van der Waals surface area contributed by atoms with Crippen molar-refractivity contribution >= 4 is 5.91 Å². The summed E-state index contributed by atoms with van der Waals surface area (Å²) in [6.45, 7) is 3.15. The minimum absolute atomic E-state index is 0.402. The van der Waals surface area contributed by atoms with Crippen LogP contribution in [0.1, 0.15) is 19.3 Å². The van der Waals surface area contributed by atoms with E-state index in [0.717, 1.165) is 32.0 Å². The summed E-state index contributed by atoms with van der Waals surface area (Å²) in [4.78, 5) is 14.0. The van der Waals surface area contributed by atoms with E-state index in [0.29, 0.717) is 17.9 Å². The lowest BCUT2D eigenvalue weighted by Crippen LogP contribution is -2.56. The Bertz CT molecular complexity index is 229. The molecule has 3 nitrogen and oxygen atoms in total. The standard InChI is InChI=1S/C10H16N2O/c13-10-8-3-7(4-8)6-12(10)9-1-2-11-5-9/h7-9,11H,1-6H2. The van der Waals surface area contributed by atoms with Crippen LogP contribution in [0.2, 0.25) is 0 Å². The lowest BCUT2D eigenvalue weighted by atomic mass is 9.70. The second-order valence-electron chi connectivity index (χ2n) is 4.67. The lowest BCUT2D eigenvalue weighted by Gasteiger charge is -2.48. The van der Waals surface area contributed by atoms with Crippen molar-refractivity contribution in [3.05, 3.63) is 0 Å². The number of fused-ring (bicyclic) bond motifs is 2. The molecular formula is C10H16N2O. The SMILES string of the molecule is O=C1C2CC(C2)CN1C1CCNC1. The quantitative estimate of drug-likeness (QED) is 0.626. The summed E-state index contributed by atoms with van der Waals surface area (Å²) in [7, 11) is 0. The van der Waals surface area contributed by atoms with Gasteiger partial charge in [0.05, 0.1) is 0 Å². The van der Waals surface area contributed by atoms with Crippen molar-refractivity contribution in [3.8, 4) is 0 Å². The number of amides is 1. The average Bonchev–Trinajstić information content (AvgIpc) is 2.54. The molecular weight excluding hydrogens is 164 g/mol. The molecule has 1 aliphatic carbocycles. The van der Waals surface area contributed by atoms with Gasteiger partial charge in [-0.1, -0.05) is 0 Å². The summed E-state index contributed by atoms with van der Waals surface area (Å²) in [6, 6.07) is 0.512. The van der Waals surface area contributed by atoms with E-state index in [2.05, 4.69) is 10.2 Å². The molecule has 1 unspecified atom stereocenters. The first kappa shape index (κ1) is 7.80. The number of hydrogen-bond donors (Lipinski definition) is 1. The summed E-state index contributed by atoms with van der Waals surface area (Å²) < 4.78 is 0. The maximum Gasteiger partial charge on any atom is 0.226 e. The van der Waals surface area contributed by atoms with E-state index in [1.807, 2.05) is 0 Å². The Balaban J connectivity index is 1.73. The summed E-state index contributed by atoms with van der Waals surface area (Å²) in [5.41, 5.74) is 0. The lowest BCUT2D eigenvalue weighted by molar-refractivity contribution is -0.151. The Hall–Kier alpha value is -0.570. The predicted molar refractivity (Wildman–Crippen MR) is 49.2 cm³/mol. The molecule has 1 N–H and O–H groups in total. The van der Waals surface area contributed by atoms with Gasteiger partial charge in [0.1, 0.15) is 0 Å². The van der Waals surface area contributed by atoms with Crippen LogP contribution in [0.3, 0.4) is 0 Å². The van der Waals surface area contributed by atoms with Crippen LogP contribution >= 0.6 is 0 Å². The van der Waals surface area contributed by atoms with Gasteiger partial charge in [0, 0.05) is 25.0 Å². The summed E-state index contributed by atoms with van der Waals surface area (Å²) in [6.07, 6.45) is 3.51. The molecule has 4 aliphatic rings. The average molecular weight is 180 g/mol. The van der Waals surface area contributed by atoms with Crippen molar-refractivity contribution in [3.63, 3.8) is 0 Å². The molecule has 3 saturated heterocycles. The summed E-state index contributed by atoms with van der Waals surface area (Å²) >= 11 is 0. The Morgan fingerprint density at radius 2 is 2.23 bits per heavy atom. The molecule has 0 aromatic heterocycles. The first-order valence-corrected chi connectivity index (χ1v) is 5.36. The van der Waals surface area contributed by atoms with Gasteiger partial charge in [0.2, 0.25) is 5.91 Å². The third-order valence-electron chi connectivity index (χ3n) is 3.80. The van der Waals surface area contributed by atoms with Crippen molar-refractivity contribution in [1.29, 1.82) is 0 Å². The van der Waals surface area contributed by atoms with Crippen LogP contribution in [0.4, 0.5) is 0 Å². The van der Waals surface area contributed by atoms with E-state index in [9.17, 15) is 4.79 Å². The van der Waals surface area contributed by atoms with Gasteiger partial charge in [-0.25, -0.2) is 0 Å². The number of rotatable bonds is 1. The predicted octanol–water partition coefficient (Wildman–Crippen LogP) is 0.217. The summed E-state index contributed by atoms with van der Waals surface area (Å²) in [5, 5.41) is 3.33. The van der Waals surface area contributed by atoms with Crippen molar-refractivity contribution in [1.82, 2.24) is 10.2 Å². The van der Waals surface area contributed by atoms with Crippen LogP contribution in [-0.2, 0) is 4.79 Å². The maximum absolute atomic E-state index is 11.8.